The molecule has 0 aromatic heterocycles. The van der Waals surface area contributed by atoms with E-state index in [0.717, 1.165) is 44.3 Å². The predicted octanol–water partition coefficient (Wildman–Crippen LogP) is 3.47. The van der Waals surface area contributed by atoms with Gasteiger partial charge in [0.1, 0.15) is 0 Å². The van der Waals surface area contributed by atoms with Gasteiger partial charge in [0.2, 0.25) is 0 Å². The molecule has 1 aliphatic heterocycles. The lowest BCUT2D eigenvalue weighted by atomic mass is 9.85. The van der Waals surface area contributed by atoms with Crippen LogP contribution in [0.5, 0.6) is 5.75 Å². The summed E-state index contributed by atoms with van der Waals surface area (Å²) in [7, 11) is 0. The normalized spacial score (nSPS) is 23.8. The Hall–Kier alpha value is -1.61. The van der Waals surface area contributed by atoms with Crippen molar-refractivity contribution in [3.8, 4) is 5.75 Å². The quantitative estimate of drug-likeness (QED) is 0.836. The van der Waals surface area contributed by atoms with Gasteiger partial charge in [-0.3, -0.25) is 0 Å². The Kier molecular flexibility index (Phi) is 4.45. The molecular weight excluding hydrogens is 301 g/mol. The molecule has 1 heterocycles. The van der Waals surface area contributed by atoms with Crippen molar-refractivity contribution in [3.05, 3.63) is 46.9 Å². The van der Waals surface area contributed by atoms with Gasteiger partial charge < -0.3 is 15.7 Å². The van der Waals surface area contributed by atoms with Crippen LogP contribution in [0.15, 0.2) is 23.9 Å². The molecule has 3 heteroatoms. The summed E-state index contributed by atoms with van der Waals surface area (Å²) in [5, 5.41) is 0. The number of nitrogens with one attached hydrogen (secondary N) is 1. The maximum absolute atomic E-state index is 14.6. The van der Waals surface area contributed by atoms with Crippen LogP contribution in [-0.4, -0.2) is 19.2 Å². The predicted molar refractivity (Wildman–Crippen MR) is 93.3 cm³/mol. The van der Waals surface area contributed by atoms with E-state index in [1.54, 1.807) is 6.07 Å². The molecule has 0 bridgehead atoms. The molecule has 1 fully saturated rings. The monoisotopic (exact) mass is 327 g/mol. The van der Waals surface area contributed by atoms with Gasteiger partial charge in [-0.15, -0.1) is 0 Å². The molecule has 0 saturated heterocycles. The van der Waals surface area contributed by atoms with Crippen molar-refractivity contribution in [1.82, 2.24) is 0 Å². The first-order valence-electron chi connectivity index (χ1n) is 9.30. The van der Waals surface area contributed by atoms with E-state index in [1.165, 1.54) is 40.9 Å². The van der Waals surface area contributed by atoms with E-state index in [2.05, 4.69) is 19.2 Å². The van der Waals surface area contributed by atoms with E-state index in [-0.39, 0.29) is 11.9 Å². The SMILES string of the molecule is CC1=C(C[NH+]2C=[C-]C2)CCc2cc(OC3CCCCC3)c(F)cc21. The summed E-state index contributed by atoms with van der Waals surface area (Å²) in [6.07, 6.45) is 13.3. The smallest absolute Gasteiger partial charge is 0.165 e. The van der Waals surface area contributed by atoms with Crippen molar-refractivity contribution in [2.75, 3.05) is 13.1 Å². The topological polar surface area (TPSA) is 13.7 Å². The largest absolute Gasteiger partial charge is 0.487 e. The highest BCUT2D eigenvalue weighted by Crippen LogP contribution is 2.35. The van der Waals surface area contributed by atoms with Crippen molar-refractivity contribution in [1.29, 1.82) is 0 Å². The van der Waals surface area contributed by atoms with Gasteiger partial charge in [-0.25, -0.2) is 4.39 Å². The van der Waals surface area contributed by atoms with Crippen LogP contribution in [-0.2, 0) is 6.42 Å². The zero-order chi connectivity index (χ0) is 16.5. The molecule has 2 aliphatic carbocycles. The van der Waals surface area contributed by atoms with Crippen LogP contribution in [0, 0.1) is 11.9 Å². The fraction of sp³-hybridized carbons (Fsp3) is 0.524. The second-order valence-electron chi connectivity index (χ2n) is 7.41. The molecule has 4 rings (SSSR count). The highest BCUT2D eigenvalue weighted by Gasteiger charge is 2.23. The molecule has 1 aromatic carbocycles. The number of benzene rings is 1. The standard InChI is InChI=1S/C21H25FNO/c1-15-17(14-23-10-5-11-23)9-8-16-12-21(20(22)13-19(15)16)24-18-6-3-2-4-7-18/h10,12-13,18H,2-4,6-9,11,14H2,1H3/q-1/p+1. The summed E-state index contributed by atoms with van der Waals surface area (Å²) in [6.45, 7) is 4.16. The fourth-order valence-electron chi connectivity index (χ4n) is 4.12. The molecular formula is C21H26FNO. The molecule has 0 amide bonds. The number of rotatable bonds is 4. The Morgan fingerprint density at radius 2 is 2.00 bits per heavy atom. The number of quaternary nitrogens is 1. The van der Waals surface area contributed by atoms with E-state index in [1.807, 2.05) is 6.07 Å². The van der Waals surface area contributed by atoms with Gasteiger partial charge in [0.15, 0.2) is 11.6 Å². The number of fused-ring (bicyclic) bond motifs is 1. The number of halogens is 1. The maximum Gasteiger partial charge on any atom is 0.165 e. The molecule has 1 unspecified atom stereocenters. The van der Waals surface area contributed by atoms with E-state index in [4.69, 9.17) is 4.74 Å². The Labute approximate surface area is 144 Å². The van der Waals surface area contributed by atoms with Crippen molar-refractivity contribution < 1.29 is 14.0 Å². The van der Waals surface area contributed by atoms with Crippen molar-refractivity contribution in [2.24, 2.45) is 0 Å². The average Bonchev–Trinajstić information content (AvgIpc) is 2.55. The number of aryl methyl sites for hydroxylation is 1. The summed E-state index contributed by atoms with van der Waals surface area (Å²) in [4.78, 5) is 1.45. The Balaban J connectivity index is 1.56. The summed E-state index contributed by atoms with van der Waals surface area (Å²) in [5.74, 6) is 0.257. The molecule has 0 spiro atoms. The molecule has 128 valence electrons. The second kappa shape index (κ2) is 6.72. The molecule has 1 atom stereocenters. The van der Waals surface area contributed by atoms with Gasteiger partial charge >= 0.3 is 0 Å². The van der Waals surface area contributed by atoms with Crippen molar-refractivity contribution >= 4 is 5.57 Å². The summed E-state index contributed by atoms with van der Waals surface area (Å²) >= 11 is 0. The minimum absolute atomic E-state index is 0.195. The Morgan fingerprint density at radius 1 is 1.21 bits per heavy atom. The van der Waals surface area contributed by atoms with Crippen LogP contribution >= 0.6 is 0 Å². The van der Waals surface area contributed by atoms with E-state index in [0.29, 0.717) is 5.75 Å². The van der Waals surface area contributed by atoms with E-state index < -0.39 is 0 Å². The van der Waals surface area contributed by atoms with Crippen molar-refractivity contribution in [3.63, 3.8) is 0 Å². The summed E-state index contributed by atoms with van der Waals surface area (Å²) < 4.78 is 20.6. The fourth-order valence-corrected chi connectivity index (χ4v) is 4.12. The van der Waals surface area contributed by atoms with Crippen LogP contribution < -0.4 is 9.64 Å². The van der Waals surface area contributed by atoms with Crippen LogP contribution in [0.1, 0.15) is 56.6 Å². The third-order valence-corrected chi connectivity index (χ3v) is 5.71. The Morgan fingerprint density at radius 3 is 2.71 bits per heavy atom. The highest BCUT2D eigenvalue weighted by molar-refractivity contribution is 5.72. The van der Waals surface area contributed by atoms with Crippen LogP contribution in [0.2, 0.25) is 0 Å². The number of hydrogen-bond donors (Lipinski definition) is 1. The third-order valence-electron chi connectivity index (χ3n) is 5.71. The lowest BCUT2D eigenvalue weighted by Gasteiger charge is -2.33. The summed E-state index contributed by atoms with van der Waals surface area (Å²) in [5.41, 5.74) is 5.03. The lowest BCUT2D eigenvalue weighted by Crippen LogP contribution is -3.11. The number of ether oxygens (including phenoxy) is 1. The van der Waals surface area contributed by atoms with Gasteiger partial charge in [0.05, 0.1) is 12.6 Å². The third kappa shape index (κ3) is 3.14. The molecule has 24 heavy (non-hydrogen) atoms. The van der Waals surface area contributed by atoms with E-state index in [9.17, 15) is 4.39 Å². The first-order valence-corrected chi connectivity index (χ1v) is 9.30. The number of hydrogen-bond acceptors (Lipinski definition) is 1. The Bertz CT molecular complexity index is 685. The first-order chi connectivity index (χ1) is 11.7. The highest BCUT2D eigenvalue weighted by atomic mass is 19.1. The average molecular weight is 327 g/mol. The lowest BCUT2D eigenvalue weighted by molar-refractivity contribution is -0.855. The van der Waals surface area contributed by atoms with E-state index >= 15 is 0 Å². The van der Waals surface area contributed by atoms with Gasteiger partial charge in [-0.05, 0) is 86.4 Å². The molecule has 3 aliphatic rings. The van der Waals surface area contributed by atoms with Gasteiger partial charge in [-0.2, -0.15) is 0 Å². The second-order valence-corrected chi connectivity index (χ2v) is 7.41. The summed E-state index contributed by atoms with van der Waals surface area (Å²) in [6, 6.07) is 3.67. The zero-order valence-electron chi connectivity index (χ0n) is 14.5. The van der Waals surface area contributed by atoms with Crippen LogP contribution in [0.3, 0.4) is 0 Å². The maximum atomic E-state index is 14.6. The van der Waals surface area contributed by atoms with Gasteiger partial charge in [0.25, 0.3) is 0 Å². The van der Waals surface area contributed by atoms with Crippen LogP contribution in [0.25, 0.3) is 5.57 Å². The molecule has 1 N–H and O–H groups in total. The zero-order valence-corrected chi connectivity index (χ0v) is 14.5. The first kappa shape index (κ1) is 15.9. The van der Waals surface area contributed by atoms with Crippen molar-refractivity contribution in [2.45, 2.75) is 58.0 Å². The minimum atomic E-state index is -0.204. The van der Waals surface area contributed by atoms with Gasteiger partial charge in [-0.1, -0.05) is 12.6 Å². The van der Waals surface area contributed by atoms with Gasteiger partial charge in [0, 0.05) is 0 Å². The molecule has 1 aromatic rings. The minimum Gasteiger partial charge on any atom is -0.487 e. The molecule has 2 nitrogen and oxygen atoms in total. The van der Waals surface area contributed by atoms with Crippen LogP contribution in [0.4, 0.5) is 4.39 Å². The number of allylic oxidation sites excluding steroid dienone is 1. The molecule has 0 radical (unpaired) electrons. The molecule has 1 saturated carbocycles.